The molecule has 4 fully saturated rings. The number of nitrogens with zero attached hydrogens (tertiary/aromatic N) is 3. The predicted octanol–water partition coefficient (Wildman–Crippen LogP) is -11.0. The van der Waals surface area contributed by atoms with E-state index in [1.165, 1.54) is 6.20 Å². The van der Waals surface area contributed by atoms with Gasteiger partial charge in [-0.3, -0.25) is 4.79 Å². The SMILES string of the molecule is C#CCO[C@@H]1O[C@H](CO)[C@@H](O[C@@H]2O[C@H](CO[C@]3(C(=O)O)C[C@H](O)[C@@H](NC(=O)Cn4cc(CO[C@@H]5O[C@H](CO)[C@H](O)[C@H](O)[C@H]5O)nn4)[C@H]([C@H](O)[C@H](O)CO)O3)[C@H](O)[C@H](O)[C@H]2O)[C@H](O)[C@H]1O. The van der Waals surface area contributed by atoms with Gasteiger partial charge >= 0.3 is 5.97 Å². The van der Waals surface area contributed by atoms with Gasteiger partial charge in [0.2, 0.25) is 5.91 Å². The number of carbonyl (C=O) groups excluding carboxylic acids is 1. The number of terminal acetylenes is 1. The maximum Gasteiger partial charge on any atom is 0.364 e. The maximum absolute atomic E-state index is 13.2. The number of aliphatic hydroxyl groups excluding tert-OH is 14. The maximum atomic E-state index is 13.2. The molecule has 0 bridgehead atoms. The molecule has 29 nitrogen and oxygen atoms in total. The summed E-state index contributed by atoms with van der Waals surface area (Å²) in [7, 11) is 0. The summed E-state index contributed by atoms with van der Waals surface area (Å²) in [6.07, 6.45) is -29.3. The lowest BCUT2D eigenvalue weighted by molar-refractivity contribution is -0.366. The molecule has 21 atom stereocenters. The highest BCUT2D eigenvalue weighted by Gasteiger charge is 2.57. The minimum Gasteiger partial charge on any atom is -0.477 e. The van der Waals surface area contributed by atoms with E-state index in [4.69, 9.17) is 44.3 Å². The van der Waals surface area contributed by atoms with Crippen molar-refractivity contribution in [3.63, 3.8) is 0 Å². The lowest BCUT2D eigenvalue weighted by Gasteiger charge is -2.48. The van der Waals surface area contributed by atoms with Gasteiger partial charge in [0, 0.05) is 6.42 Å². The number of aromatic nitrogens is 3. The molecule has 5 heterocycles. The highest BCUT2D eigenvalue weighted by atomic mass is 16.8. The van der Waals surface area contributed by atoms with E-state index < -0.39 is 186 Å². The number of aliphatic carboxylic acids is 1. The Morgan fingerprint density at radius 1 is 0.844 bits per heavy atom. The summed E-state index contributed by atoms with van der Waals surface area (Å²) in [5.74, 6) is -3.78. The number of amides is 1. The lowest BCUT2D eigenvalue weighted by atomic mass is 9.88. The number of carbonyl (C=O) groups is 2. The van der Waals surface area contributed by atoms with E-state index in [1.54, 1.807) is 0 Å². The van der Waals surface area contributed by atoms with Gasteiger partial charge in [0.15, 0.2) is 18.9 Å². The van der Waals surface area contributed by atoms with E-state index in [9.17, 15) is 86.2 Å². The molecule has 1 amide bonds. The summed E-state index contributed by atoms with van der Waals surface area (Å²) in [5, 5.41) is 165. The van der Waals surface area contributed by atoms with E-state index in [2.05, 4.69) is 21.5 Å². The molecule has 0 aliphatic carbocycles. The van der Waals surface area contributed by atoms with Crippen molar-refractivity contribution in [2.24, 2.45) is 0 Å². The zero-order chi connectivity index (χ0) is 47.2. The third-order valence-corrected chi connectivity index (χ3v) is 10.9. The topological polar surface area (TPSA) is 454 Å². The number of nitrogens with one attached hydrogen (secondary N) is 1. The Kier molecular flexibility index (Phi) is 18.2. The average Bonchev–Trinajstić information content (AvgIpc) is 3.72. The van der Waals surface area contributed by atoms with Gasteiger partial charge in [-0.25, -0.2) is 9.48 Å². The molecule has 364 valence electrons. The second-order valence-corrected chi connectivity index (χ2v) is 15.3. The van der Waals surface area contributed by atoms with Crippen LogP contribution < -0.4 is 5.32 Å². The highest BCUT2D eigenvalue weighted by Crippen LogP contribution is 2.36. The van der Waals surface area contributed by atoms with Crippen molar-refractivity contribution in [3.05, 3.63) is 11.9 Å². The molecule has 0 radical (unpaired) electrons. The highest BCUT2D eigenvalue weighted by molar-refractivity contribution is 5.77. The van der Waals surface area contributed by atoms with E-state index in [0.717, 1.165) is 4.68 Å². The zero-order valence-electron chi connectivity index (χ0n) is 33.5. The van der Waals surface area contributed by atoms with Gasteiger partial charge in [-0.05, 0) is 0 Å². The Balaban J connectivity index is 1.25. The summed E-state index contributed by atoms with van der Waals surface area (Å²) in [6, 6.07) is -1.74. The molecule has 4 saturated heterocycles. The van der Waals surface area contributed by atoms with Crippen LogP contribution in [0.5, 0.6) is 0 Å². The smallest absolute Gasteiger partial charge is 0.364 e. The third kappa shape index (κ3) is 11.5. The van der Waals surface area contributed by atoms with Crippen LogP contribution in [0.15, 0.2) is 6.20 Å². The van der Waals surface area contributed by atoms with Crippen LogP contribution in [0.1, 0.15) is 12.1 Å². The molecule has 0 aromatic carbocycles. The van der Waals surface area contributed by atoms with Crippen molar-refractivity contribution in [3.8, 4) is 12.3 Å². The van der Waals surface area contributed by atoms with E-state index in [1.807, 2.05) is 0 Å². The molecule has 0 spiro atoms. The van der Waals surface area contributed by atoms with Crippen LogP contribution in [0.3, 0.4) is 0 Å². The first-order valence-corrected chi connectivity index (χ1v) is 19.6. The van der Waals surface area contributed by atoms with Crippen molar-refractivity contribution in [1.82, 2.24) is 20.3 Å². The number of rotatable bonds is 19. The van der Waals surface area contributed by atoms with Crippen molar-refractivity contribution < 1.29 is 124 Å². The predicted molar refractivity (Wildman–Crippen MR) is 196 cm³/mol. The minimum absolute atomic E-state index is 0.0505. The van der Waals surface area contributed by atoms with Crippen molar-refractivity contribution in [2.45, 2.75) is 148 Å². The van der Waals surface area contributed by atoms with Crippen molar-refractivity contribution in [1.29, 1.82) is 0 Å². The standard InChI is InChI=1S/C35H54N4O25/c1-2-3-57-31-28(54)25(51)29(16(9-42)61-31)63-33-27(53)24(50)22(48)17(62-33)11-59-35(34(55)56)4-13(43)19(30(64-35)20(46)14(44)7-40)36-18(45)6-39-5-12(37-38-39)10-58-32-26(52)23(49)21(47)15(8-41)60-32/h1,5,13-17,19-33,40-44,46-54H,3-4,6-11H2,(H,36,45)(H,55,56)/t13-,14+,15+,16+,17+,19+,20+,21-,22-,23-,24-,25+,26+,27+,28+,29+,30+,31+,32+,33-,35+/m0/s1. The molecule has 4 aliphatic heterocycles. The van der Waals surface area contributed by atoms with Crippen LogP contribution in [0.4, 0.5) is 0 Å². The number of hydrogen-bond acceptors (Lipinski definition) is 26. The summed E-state index contributed by atoms with van der Waals surface area (Å²) >= 11 is 0. The van der Waals surface area contributed by atoms with Crippen LogP contribution in [0.2, 0.25) is 0 Å². The van der Waals surface area contributed by atoms with Crippen LogP contribution in [0, 0.1) is 12.3 Å². The van der Waals surface area contributed by atoms with E-state index in [0.29, 0.717) is 0 Å². The Morgan fingerprint density at radius 2 is 1.44 bits per heavy atom. The fourth-order valence-electron chi connectivity index (χ4n) is 7.30. The van der Waals surface area contributed by atoms with Gasteiger partial charge in [0.25, 0.3) is 5.79 Å². The third-order valence-electron chi connectivity index (χ3n) is 10.9. The lowest BCUT2D eigenvalue weighted by Crippen LogP contribution is -2.69. The number of carboxylic acid groups (broad SMARTS) is 1. The van der Waals surface area contributed by atoms with Crippen LogP contribution >= 0.6 is 0 Å². The van der Waals surface area contributed by atoms with Gasteiger partial charge in [-0.1, -0.05) is 11.1 Å². The van der Waals surface area contributed by atoms with E-state index >= 15 is 0 Å². The molecular weight excluding hydrogens is 876 g/mol. The zero-order valence-corrected chi connectivity index (χ0v) is 33.5. The Morgan fingerprint density at radius 3 is 2.06 bits per heavy atom. The Labute approximate surface area is 361 Å². The fourth-order valence-corrected chi connectivity index (χ4v) is 7.30. The summed E-state index contributed by atoms with van der Waals surface area (Å²) in [6.45, 7) is -5.16. The van der Waals surface area contributed by atoms with E-state index in [-0.39, 0.29) is 12.3 Å². The van der Waals surface area contributed by atoms with Crippen LogP contribution in [-0.4, -0.2) is 265 Å². The van der Waals surface area contributed by atoms with Gasteiger partial charge in [-0.2, -0.15) is 0 Å². The molecule has 29 heteroatoms. The molecule has 1 aromatic heterocycles. The van der Waals surface area contributed by atoms with Gasteiger partial charge in [-0.15, -0.1) is 11.5 Å². The first-order chi connectivity index (χ1) is 30.3. The first-order valence-electron chi connectivity index (χ1n) is 19.6. The molecule has 1 aromatic rings. The number of aliphatic hydroxyl groups is 14. The first kappa shape index (κ1) is 51.7. The molecule has 0 saturated carbocycles. The summed E-state index contributed by atoms with van der Waals surface area (Å²) in [5.41, 5.74) is 0.0505. The average molecular weight is 931 g/mol. The molecule has 64 heavy (non-hydrogen) atoms. The minimum atomic E-state index is -2.99. The summed E-state index contributed by atoms with van der Waals surface area (Å²) in [4.78, 5) is 26.0. The number of carboxylic acids is 1. The molecule has 5 rings (SSSR count). The van der Waals surface area contributed by atoms with Crippen LogP contribution in [-0.2, 0) is 60.6 Å². The molecule has 16 N–H and O–H groups in total. The molecular formula is C35H54N4O25. The van der Waals surface area contributed by atoms with Gasteiger partial charge < -0.3 is 120 Å². The van der Waals surface area contributed by atoms with Crippen LogP contribution in [0.25, 0.3) is 0 Å². The molecule has 4 aliphatic rings. The monoisotopic (exact) mass is 930 g/mol. The summed E-state index contributed by atoms with van der Waals surface area (Å²) < 4.78 is 44.5. The Hall–Kier alpha value is -3.24. The number of ether oxygens (including phenoxy) is 8. The van der Waals surface area contributed by atoms with Crippen molar-refractivity contribution in [2.75, 3.05) is 33.0 Å². The van der Waals surface area contributed by atoms with Gasteiger partial charge in [0.1, 0.15) is 110 Å². The van der Waals surface area contributed by atoms with Crippen molar-refractivity contribution >= 4 is 11.9 Å². The second kappa shape index (κ2) is 22.5. The quantitative estimate of drug-likeness (QED) is 0.0573. The Bertz CT molecular complexity index is 1700. The largest absolute Gasteiger partial charge is 0.477 e. The van der Waals surface area contributed by atoms with Gasteiger partial charge in [0.05, 0.1) is 51.4 Å². The second-order valence-electron chi connectivity index (χ2n) is 15.3. The molecule has 0 unspecified atom stereocenters. The normalized spacial score (nSPS) is 41.5. The number of hydrogen-bond donors (Lipinski definition) is 16. The fraction of sp³-hybridized carbons (Fsp3) is 0.829.